The first-order chi connectivity index (χ1) is 15.6. The number of hydrogen-bond donors (Lipinski definition) is 2. The van der Waals surface area contributed by atoms with E-state index in [0.29, 0.717) is 17.7 Å². The zero-order valence-electron chi connectivity index (χ0n) is 18.3. The van der Waals surface area contributed by atoms with Crippen molar-refractivity contribution < 1.29 is 9.32 Å². The van der Waals surface area contributed by atoms with E-state index in [0.717, 1.165) is 68.2 Å². The molecule has 7 heteroatoms. The highest BCUT2D eigenvalue weighted by molar-refractivity contribution is 7.86. The molecule has 6 nitrogen and oxygen atoms in total. The second kappa shape index (κ2) is 7.00. The zero-order valence-corrected chi connectivity index (χ0v) is 19.2. The predicted octanol–water partition coefficient (Wildman–Crippen LogP) is 3.26. The summed E-state index contributed by atoms with van der Waals surface area (Å²) < 4.78 is 13.0. The van der Waals surface area contributed by atoms with E-state index in [2.05, 4.69) is 28.4 Å². The van der Waals surface area contributed by atoms with Crippen LogP contribution in [-0.4, -0.2) is 49.8 Å². The second-order valence-corrected chi connectivity index (χ2v) is 12.1. The van der Waals surface area contributed by atoms with Gasteiger partial charge in [-0.25, -0.2) is 4.98 Å². The molecule has 0 radical (unpaired) electrons. The van der Waals surface area contributed by atoms with Gasteiger partial charge in [-0.15, -0.1) is 0 Å². The van der Waals surface area contributed by atoms with Crippen molar-refractivity contribution >= 4 is 22.6 Å². The van der Waals surface area contributed by atoms with Crippen LogP contribution in [-0.2, 0) is 23.6 Å². The Balaban J connectivity index is 1.15. The molecule has 0 amide bonds. The number of rotatable bonds is 5. The van der Waals surface area contributed by atoms with Crippen LogP contribution in [0.3, 0.4) is 0 Å². The monoisotopic (exact) mass is 450 g/mol. The maximum atomic E-state index is 13.0. The molecule has 2 aliphatic heterocycles. The normalized spacial score (nSPS) is 29.4. The summed E-state index contributed by atoms with van der Waals surface area (Å²) in [7, 11) is -1.02. The van der Waals surface area contributed by atoms with Gasteiger partial charge in [0.25, 0.3) is 0 Å². The van der Waals surface area contributed by atoms with E-state index in [4.69, 9.17) is 9.97 Å². The number of aromatic nitrogens is 2. The first kappa shape index (κ1) is 19.5. The predicted molar refractivity (Wildman–Crippen MR) is 125 cm³/mol. The Morgan fingerprint density at radius 2 is 1.97 bits per heavy atom. The number of anilines is 2. The highest BCUT2D eigenvalue weighted by Crippen LogP contribution is 2.56. The third-order valence-electron chi connectivity index (χ3n) is 8.58. The maximum absolute atomic E-state index is 13.0. The smallest absolute Gasteiger partial charge is 0.227 e. The Kier molecular flexibility index (Phi) is 4.26. The van der Waals surface area contributed by atoms with Crippen LogP contribution in [0.2, 0.25) is 0 Å². The van der Waals surface area contributed by atoms with E-state index < -0.39 is 10.8 Å². The number of nitrogens with zero attached hydrogens (tertiary/aromatic N) is 3. The first-order valence-corrected chi connectivity index (χ1v) is 13.4. The minimum absolute atomic E-state index is 0.0901. The fourth-order valence-corrected chi connectivity index (χ4v) is 7.84. The molecule has 1 aromatic carbocycles. The second-order valence-electron chi connectivity index (χ2n) is 10.5. The fourth-order valence-electron chi connectivity index (χ4n) is 6.04. The van der Waals surface area contributed by atoms with Crippen molar-refractivity contribution in [3.05, 3.63) is 40.6 Å². The number of aliphatic hydroxyl groups excluding tert-OH is 1. The number of hydrogen-bond acceptors (Lipinski definition) is 6. The van der Waals surface area contributed by atoms with E-state index in [1.165, 1.54) is 24.0 Å². The largest absolute Gasteiger partial charge is 0.394 e. The molecule has 2 saturated carbocycles. The summed E-state index contributed by atoms with van der Waals surface area (Å²) in [6.07, 6.45) is 8.66. The van der Waals surface area contributed by atoms with Gasteiger partial charge >= 0.3 is 0 Å². The van der Waals surface area contributed by atoms with Gasteiger partial charge in [0.05, 0.1) is 28.6 Å². The molecule has 3 heterocycles. The molecule has 7 rings (SSSR count). The van der Waals surface area contributed by atoms with Crippen molar-refractivity contribution in [2.24, 2.45) is 0 Å². The first-order valence-electron chi connectivity index (χ1n) is 12.2. The molecular formula is C25H30N4O2S. The highest BCUT2D eigenvalue weighted by atomic mass is 32.2. The number of aryl methyl sites for hydroxylation is 2. The molecule has 3 atom stereocenters. The molecule has 168 valence electrons. The molecule has 0 bridgehead atoms. The number of fused-ring (bicyclic) bond motifs is 4. The Bertz CT molecular complexity index is 1120. The number of nitrogens with one attached hydrogen (secondary N) is 1. The van der Waals surface area contributed by atoms with Gasteiger partial charge in [-0.1, -0.05) is 18.2 Å². The van der Waals surface area contributed by atoms with Gasteiger partial charge in [0.15, 0.2) is 0 Å². The summed E-state index contributed by atoms with van der Waals surface area (Å²) >= 11 is 0. The van der Waals surface area contributed by atoms with Crippen LogP contribution in [0.25, 0.3) is 0 Å². The summed E-state index contributed by atoms with van der Waals surface area (Å²) in [5.74, 6) is 2.43. The molecule has 1 saturated heterocycles. The van der Waals surface area contributed by atoms with Crippen LogP contribution in [0.4, 0.5) is 11.8 Å². The molecule has 2 aromatic rings. The lowest BCUT2D eigenvalue weighted by Gasteiger charge is -2.42. The highest BCUT2D eigenvalue weighted by Gasteiger charge is 2.54. The van der Waals surface area contributed by atoms with Crippen molar-refractivity contribution in [1.29, 1.82) is 0 Å². The topological polar surface area (TPSA) is 78.3 Å². The van der Waals surface area contributed by atoms with E-state index in [9.17, 15) is 9.32 Å². The lowest BCUT2D eigenvalue weighted by atomic mass is 9.77. The van der Waals surface area contributed by atoms with E-state index in [1.54, 1.807) is 5.56 Å². The van der Waals surface area contributed by atoms with Crippen molar-refractivity contribution in [3.63, 3.8) is 0 Å². The van der Waals surface area contributed by atoms with Gasteiger partial charge in [-0.05, 0) is 74.0 Å². The third kappa shape index (κ3) is 2.90. The molecule has 3 fully saturated rings. The third-order valence-corrected chi connectivity index (χ3v) is 10.5. The van der Waals surface area contributed by atoms with Crippen LogP contribution in [0, 0.1) is 0 Å². The van der Waals surface area contributed by atoms with Crippen LogP contribution in [0.5, 0.6) is 0 Å². The van der Waals surface area contributed by atoms with Crippen LogP contribution in [0.15, 0.2) is 23.1 Å². The number of piperidine rings is 1. The molecule has 5 aliphatic rings. The van der Waals surface area contributed by atoms with Crippen LogP contribution < -0.4 is 10.2 Å². The molecule has 0 spiro atoms. The Morgan fingerprint density at radius 3 is 2.62 bits per heavy atom. The van der Waals surface area contributed by atoms with Crippen LogP contribution in [0.1, 0.15) is 72.7 Å². The molecule has 1 aromatic heterocycles. The average molecular weight is 451 g/mol. The van der Waals surface area contributed by atoms with Crippen molar-refractivity contribution in [3.8, 4) is 0 Å². The molecular weight excluding hydrogens is 420 g/mol. The Morgan fingerprint density at radius 1 is 1.16 bits per heavy atom. The van der Waals surface area contributed by atoms with Crippen molar-refractivity contribution in [2.45, 2.75) is 78.9 Å². The van der Waals surface area contributed by atoms with Gasteiger partial charge in [0.2, 0.25) is 5.95 Å². The lowest BCUT2D eigenvalue weighted by molar-refractivity contribution is 0.143. The Hall–Kier alpha value is -1.99. The molecule has 2 N–H and O–H groups in total. The zero-order chi connectivity index (χ0) is 21.4. The summed E-state index contributed by atoms with van der Waals surface area (Å²) in [6.45, 7) is 1.98. The molecule has 32 heavy (non-hydrogen) atoms. The van der Waals surface area contributed by atoms with Gasteiger partial charge in [-0.3, -0.25) is 4.21 Å². The van der Waals surface area contributed by atoms with Crippen molar-refractivity contribution in [1.82, 2.24) is 9.97 Å². The van der Waals surface area contributed by atoms with E-state index >= 15 is 0 Å². The summed E-state index contributed by atoms with van der Waals surface area (Å²) in [5, 5.41) is 13.7. The summed E-state index contributed by atoms with van der Waals surface area (Å²) in [5.41, 5.74) is 5.26. The maximum Gasteiger partial charge on any atom is 0.227 e. The number of aliphatic hydroxyl groups is 1. The molecule has 3 aliphatic carbocycles. The van der Waals surface area contributed by atoms with E-state index in [-0.39, 0.29) is 17.4 Å². The minimum Gasteiger partial charge on any atom is -0.394 e. The van der Waals surface area contributed by atoms with E-state index in [1.807, 2.05) is 0 Å². The van der Waals surface area contributed by atoms with Gasteiger partial charge in [0, 0.05) is 24.3 Å². The van der Waals surface area contributed by atoms with Crippen molar-refractivity contribution in [2.75, 3.05) is 29.9 Å². The Labute approximate surface area is 191 Å². The van der Waals surface area contributed by atoms with Gasteiger partial charge in [0.1, 0.15) is 10.7 Å². The fraction of sp³-hybridized carbons (Fsp3) is 0.600. The van der Waals surface area contributed by atoms with Gasteiger partial charge < -0.3 is 15.3 Å². The van der Waals surface area contributed by atoms with Gasteiger partial charge in [-0.2, -0.15) is 4.98 Å². The van der Waals surface area contributed by atoms with Crippen LogP contribution >= 0.6 is 0 Å². The summed E-state index contributed by atoms with van der Waals surface area (Å²) in [4.78, 5) is 13.0. The SMILES string of the molecule is O=S1c2c(NC3(CO)CCC3)nc(N3CCC(c4ccc5c(c4)CC5)CC3)nc2C2CC21. The summed E-state index contributed by atoms with van der Waals surface area (Å²) in [6, 6.07) is 7.09. The quantitative estimate of drug-likeness (QED) is 0.728. The minimum atomic E-state index is -1.02. The number of benzene rings is 1. The average Bonchev–Trinajstić information content (AvgIpc) is 3.52. The standard InChI is InChI=1S/C25H30N4O2S/c30-14-25(8-1-9-25)28-23-22-21(19-13-20(19)32(22)31)26-24(27-23)29-10-6-16(7-11-29)18-5-3-15-2-4-17(15)12-18/h3,5,12,16,19-20,30H,1-2,4,6-11,13-14H2,(H,26,27,28). The lowest BCUT2D eigenvalue weighted by Crippen LogP contribution is -2.49. The molecule has 3 unspecified atom stereocenters.